The van der Waals surface area contributed by atoms with Crippen molar-refractivity contribution in [1.82, 2.24) is 9.97 Å². The van der Waals surface area contributed by atoms with Gasteiger partial charge in [-0.15, -0.1) is 0 Å². The van der Waals surface area contributed by atoms with Gasteiger partial charge < -0.3 is 10.5 Å². The molecule has 0 spiro atoms. The molecule has 0 fully saturated rings. The van der Waals surface area contributed by atoms with Crippen molar-refractivity contribution in [2.75, 3.05) is 0 Å². The van der Waals surface area contributed by atoms with Crippen LogP contribution < -0.4 is 10.5 Å². The topological polar surface area (TPSA) is 61.0 Å². The lowest BCUT2D eigenvalue weighted by Crippen LogP contribution is -2.02. The van der Waals surface area contributed by atoms with Crippen molar-refractivity contribution in [2.24, 2.45) is 5.73 Å². The highest BCUT2D eigenvalue weighted by molar-refractivity contribution is 5.31. The molecule has 2 rings (SSSR count). The lowest BCUT2D eigenvalue weighted by Gasteiger charge is -2.10. The maximum Gasteiger partial charge on any atom is 0.322 e. The third-order valence-electron chi connectivity index (χ3n) is 2.88. The van der Waals surface area contributed by atoms with Gasteiger partial charge in [-0.2, -0.15) is 4.98 Å². The zero-order chi connectivity index (χ0) is 14.7. The fraction of sp³-hybridized carbons (Fsp3) is 0.333. The number of hydrogen-bond donors (Lipinski definition) is 1. The van der Waals surface area contributed by atoms with Crippen LogP contribution in [0, 0.1) is 12.7 Å². The van der Waals surface area contributed by atoms with Gasteiger partial charge in [0, 0.05) is 12.2 Å². The molecule has 1 heterocycles. The summed E-state index contributed by atoms with van der Waals surface area (Å²) in [5.74, 6) is -0.116. The van der Waals surface area contributed by atoms with Gasteiger partial charge in [-0.05, 0) is 36.6 Å². The summed E-state index contributed by atoms with van der Waals surface area (Å²) in [6, 6.07) is 6.67. The summed E-state index contributed by atoms with van der Waals surface area (Å²) in [5.41, 5.74) is 7.83. The average Bonchev–Trinajstić information content (AvgIpc) is 2.40. The third kappa shape index (κ3) is 3.30. The molecule has 4 nitrogen and oxygen atoms in total. The molecule has 0 aliphatic carbocycles. The van der Waals surface area contributed by atoms with Gasteiger partial charge in [-0.1, -0.05) is 19.9 Å². The second-order valence-corrected chi connectivity index (χ2v) is 4.94. The number of ether oxygens (including phenoxy) is 1. The lowest BCUT2D eigenvalue weighted by molar-refractivity contribution is 0.407. The Morgan fingerprint density at radius 1 is 1.25 bits per heavy atom. The molecule has 1 aromatic heterocycles. The van der Waals surface area contributed by atoms with Crippen molar-refractivity contribution in [3.63, 3.8) is 0 Å². The van der Waals surface area contributed by atoms with Crippen molar-refractivity contribution in [1.29, 1.82) is 0 Å². The van der Waals surface area contributed by atoms with E-state index in [1.807, 2.05) is 26.8 Å². The van der Waals surface area contributed by atoms with Crippen LogP contribution in [0.25, 0.3) is 0 Å². The molecule has 0 atom stereocenters. The van der Waals surface area contributed by atoms with Gasteiger partial charge >= 0.3 is 6.01 Å². The van der Waals surface area contributed by atoms with Crippen LogP contribution in [0.5, 0.6) is 11.8 Å². The van der Waals surface area contributed by atoms with Gasteiger partial charge in [0.05, 0.1) is 5.69 Å². The molecule has 0 saturated carbocycles. The molecule has 0 unspecified atom stereocenters. The molecule has 2 N–H and O–H groups in total. The van der Waals surface area contributed by atoms with Gasteiger partial charge in [0.15, 0.2) is 11.6 Å². The molecular formula is C15H18FN3O. The molecule has 106 valence electrons. The fourth-order valence-corrected chi connectivity index (χ4v) is 1.76. The Bertz CT molecular complexity index is 614. The number of halogens is 1. The first-order valence-electron chi connectivity index (χ1n) is 6.51. The quantitative estimate of drug-likeness (QED) is 0.930. The van der Waals surface area contributed by atoms with Crippen molar-refractivity contribution < 1.29 is 9.13 Å². The minimum absolute atomic E-state index is 0.0995. The lowest BCUT2D eigenvalue weighted by atomic mass is 10.1. The molecule has 5 heteroatoms. The Hall–Kier alpha value is -2.01. The second kappa shape index (κ2) is 5.96. The first-order chi connectivity index (χ1) is 9.49. The van der Waals surface area contributed by atoms with Crippen LogP contribution in [0.2, 0.25) is 0 Å². The molecule has 0 radical (unpaired) electrons. The minimum atomic E-state index is -0.468. The van der Waals surface area contributed by atoms with E-state index in [2.05, 4.69) is 9.97 Å². The number of nitrogens with two attached hydrogens (primary N) is 1. The minimum Gasteiger partial charge on any atom is -0.421 e. The fourth-order valence-electron chi connectivity index (χ4n) is 1.76. The van der Waals surface area contributed by atoms with Crippen LogP contribution in [0.15, 0.2) is 24.3 Å². The van der Waals surface area contributed by atoms with Crippen LogP contribution in [-0.2, 0) is 6.54 Å². The van der Waals surface area contributed by atoms with Gasteiger partial charge in [0.1, 0.15) is 0 Å². The van der Waals surface area contributed by atoms with E-state index in [1.165, 1.54) is 12.1 Å². The first kappa shape index (κ1) is 14.4. The number of benzene rings is 1. The highest BCUT2D eigenvalue weighted by Gasteiger charge is 2.10. The Morgan fingerprint density at radius 3 is 2.60 bits per heavy atom. The van der Waals surface area contributed by atoms with Gasteiger partial charge in [-0.3, -0.25) is 0 Å². The predicted octanol–water partition coefficient (Wildman–Crippen LogP) is 3.30. The molecule has 0 aliphatic heterocycles. The SMILES string of the molecule is Cc1cc(C(C)C)nc(Oc2ccc(CN)cc2F)n1. The molecule has 0 aliphatic rings. The Labute approximate surface area is 117 Å². The van der Waals surface area contributed by atoms with E-state index in [-0.39, 0.29) is 24.2 Å². The molecule has 1 aromatic carbocycles. The smallest absolute Gasteiger partial charge is 0.322 e. The standard InChI is InChI=1S/C15H18FN3O/c1-9(2)13-6-10(3)18-15(19-13)20-14-5-4-11(8-17)7-12(14)16/h4-7,9H,8,17H2,1-3H3. The second-order valence-electron chi connectivity index (χ2n) is 4.94. The van der Waals surface area contributed by atoms with E-state index in [0.29, 0.717) is 5.56 Å². The van der Waals surface area contributed by atoms with Crippen molar-refractivity contribution in [2.45, 2.75) is 33.2 Å². The van der Waals surface area contributed by atoms with Crippen LogP contribution >= 0.6 is 0 Å². The molecule has 0 amide bonds. The van der Waals surface area contributed by atoms with E-state index in [9.17, 15) is 4.39 Å². The summed E-state index contributed by atoms with van der Waals surface area (Å²) >= 11 is 0. The largest absolute Gasteiger partial charge is 0.421 e. The van der Waals surface area contributed by atoms with E-state index < -0.39 is 5.82 Å². The summed E-state index contributed by atoms with van der Waals surface area (Å²) in [7, 11) is 0. The molecule has 0 bridgehead atoms. The highest BCUT2D eigenvalue weighted by Crippen LogP contribution is 2.24. The number of hydrogen-bond acceptors (Lipinski definition) is 4. The van der Waals surface area contributed by atoms with E-state index in [1.54, 1.807) is 6.07 Å². The Balaban J connectivity index is 2.30. The van der Waals surface area contributed by atoms with Gasteiger partial charge in [0.25, 0.3) is 0 Å². The molecular weight excluding hydrogens is 257 g/mol. The average molecular weight is 275 g/mol. The van der Waals surface area contributed by atoms with Gasteiger partial charge in [-0.25, -0.2) is 9.37 Å². The van der Waals surface area contributed by atoms with Crippen molar-refractivity contribution >= 4 is 0 Å². The molecule has 2 aromatic rings. The summed E-state index contributed by atoms with van der Waals surface area (Å²) in [6.07, 6.45) is 0. The maximum atomic E-state index is 13.8. The number of aromatic nitrogens is 2. The Morgan fingerprint density at radius 2 is 2.00 bits per heavy atom. The monoisotopic (exact) mass is 275 g/mol. The highest BCUT2D eigenvalue weighted by atomic mass is 19.1. The zero-order valence-corrected chi connectivity index (χ0v) is 11.9. The predicted molar refractivity (Wildman–Crippen MR) is 75.2 cm³/mol. The van der Waals surface area contributed by atoms with Crippen LogP contribution in [0.1, 0.15) is 36.7 Å². The zero-order valence-electron chi connectivity index (χ0n) is 11.9. The van der Waals surface area contributed by atoms with Crippen LogP contribution in [0.4, 0.5) is 4.39 Å². The van der Waals surface area contributed by atoms with E-state index in [0.717, 1.165) is 11.4 Å². The number of rotatable bonds is 4. The number of aryl methyl sites for hydroxylation is 1. The molecule has 0 saturated heterocycles. The third-order valence-corrected chi connectivity index (χ3v) is 2.88. The normalized spacial score (nSPS) is 10.9. The van der Waals surface area contributed by atoms with Crippen LogP contribution in [0.3, 0.4) is 0 Å². The Kier molecular flexibility index (Phi) is 4.29. The maximum absolute atomic E-state index is 13.8. The van der Waals surface area contributed by atoms with E-state index in [4.69, 9.17) is 10.5 Å². The first-order valence-corrected chi connectivity index (χ1v) is 6.51. The van der Waals surface area contributed by atoms with E-state index >= 15 is 0 Å². The van der Waals surface area contributed by atoms with Crippen molar-refractivity contribution in [3.8, 4) is 11.8 Å². The van der Waals surface area contributed by atoms with Gasteiger partial charge in [0.2, 0.25) is 0 Å². The summed E-state index contributed by atoms with van der Waals surface area (Å²) < 4.78 is 19.3. The summed E-state index contributed by atoms with van der Waals surface area (Å²) in [4.78, 5) is 8.46. The number of nitrogens with zero attached hydrogens (tertiary/aromatic N) is 2. The summed E-state index contributed by atoms with van der Waals surface area (Å²) in [5, 5.41) is 0. The van der Waals surface area contributed by atoms with Crippen LogP contribution in [-0.4, -0.2) is 9.97 Å². The summed E-state index contributed by atoms with van der Waals surface area (Å²) in [6.45, 7) is 6.20. The van der Waals surface area contributed by atoms with Crippen molar-refractivity contribution in [3.05, 3.63) is 47.0 Å². The molecule has 20 heavy (non-hydrogen) atoms.